The first kappa shape index (κ1) is 14.9. The number of nitrogens with one attached hydrogen (secondary N) is 2. The van der Waals surface area contributed by atoms with Gasteiger partial charge in [0.25, 0.3) is 5.91 Å². The number of fused-ring (bicyclic) bond motifs is 2. The predicted molar refractivity (Wildman–Crippen MR) is 91.8 cm³/mol. The summed E-state index contributed by atoms with van der Waals surface area (Å²) in [4.78, 5) is 15.9. The summed E-state index contributed by atoms with van der Waals surface area (Å²) in [5.41, 5.74) is 2.58. The summed E-state index contributed by atoms with van der Waals surface area (Å²) in [7, 11) is 0. The average molecular weight is 323 g/mol. The molecule has 2 N–H and O–H groups in total. The third-order valence-electron chi connectivity index (χ3n) is 4.71. The highest BCUT2D eigenvalue weighted by Crippen LogP contribution is 2.22. The Labute approximate surface area is 140 Å². The van der Waals surface area contributed by atoms with Gasteiger partial charge in [-0.05, 0) is 25.8 Å². The number of amides is 1. The normalized spacial score (nSPS) is 14.4. The van der Waals surface area contributed by atoms with Crippen LogP contribution in [0, 0.1) is 6.92 Å². The van der Waals surface area contributed by atoms with Crippen molar-refractivity contribution in [2.45, 2.75) is 45.7 Å². The molecule has 6 heteroatoms. The fourth-order valence-electron chi connectivity index (χ4n) is 3.49. The fourth-order valence-corrected chi connectivity index (χ4v) is 3.49. The quantitative estimate of drug-likeness (QED) is 0.778. The minimum atomic E-state index is -0.0732. The molecule has 0 radical (unpaired) electrons. The largest absolute Gasteiger partial charge is 0.358 e. The Bertz CT molecular complexity index is 892. The molecule has 1 aliphatic heterocycles. The molecule has 0 fully saturated rings. The van der Waals surface area contributed by atoms with E-state index in [0.717, 1.165) is 47.6 Å². The summed E-state index contributed by atoms with van der Waals surface area (Å²) >= 11 is 0. The first-order valence-electron chi connectivity index (χ1n) is 8.50. The molecule has 0 saturated heterocycles. The highest BCUT2D eigenvalue weighted by molar-refractivity contribution is 6.08. The number of nitrogens with zero attached hydrogens (tertiary/aromatic N) is 3. The zero-order valence-corrected chi connectivity index (χ0v) is 13.8. The van der Waals surface area contributed by atoms with E-state index in [-0.39, 0.29) is 5.91 Å². The first-order valence-corrected chi connectivity index (χ1v) is 8.50. The average Bonchev–Trinajstić information content (AvgIpc) is 3.03. The Morgan fingerprint density at radius 2 is 2.12 bits per heavy atom. The van der Waals surface area contributed by atoms with Gasteiger partial charge in [-0.1, -0.05) is 24.6 Å². The topological polar surface area (TPSA) is 75.6 Å². The third-order valence-corrected chi connectivity index (χ3v) is 4.71. The Morgan fingerprint density at radius 3 is 3.04 bits per heavy atom. The van der Waals surface area contributed by atoms with Crippen LogP contribution in [0.5, 0.6) is 0 Å². The van der Waals surface area contributed by atoms with Gasteiger partial charge in [0, 0.05) is 29.6 Å². The Morgan fingerprint density at radius 1 is 1.25 bits per heavy atom. The fraction of sp³-hybridized carbons (Fsp3) is 0.389. The summed E-state index contributed by atoms with van der Waals surface area (Å²) in [6, 6.07) is 7.87. The van der Waals surface area contributed by atoms with E-state index in [1.807, 2.05) is 31.2 Å². The van der Waals surface area contributed by atoms with E-state index in [4.69, 9.17) is 0 Å². The molecule has 0 atom stereocenters. The van der Waals surface area contributed by atoms with Crippen molar-refractivity contribution in [1.29, 1.82) is 0 Å². The van der Waals surface area contributed by atoms with Crippen LogP contribution in [-0.4, -0.2) is 25.7 Å². The van der Waals surface area contributed by atoms with Crippen LogP contribution in [0.2, 0.25) is 0 Å². The molecule has 4 rings (SSSR count). The van der Waals surface area contributed by atoms with Gasteiger partial charge in [0.05, 0.1) is 12.1 Å². The maximum atomic E-state index is 12.7. The standard InChI is InChI=1S/C18H21N5O/c1-12-17(13-7-4-5-8-14(13)20-12)18(24)19-11-16-22-21-15-9-3-2-6-10-23(15)16/h4-5,7-8,20H,2-3,6,9-11H2,1H3,(H,19,24). The zero-order valence-electron chi connectivity index (χ0n) is 13.8. The van der Waals surface area contributed by atoms with Crippen LogP contribution in [0.3, 0.4) is 0 Å². The molecular weight excluding hydrogens is 302 g/mol. The number of aryl methyl sites for hydroxylation is 2. The van der Waals surface area contributed by atoms with Crippen LogP contribution in [0.1, 0.15) is 47.0 Å². The molecule has 3 heterocycles. The number of carbonyl (C=O) groups is 1. The highest BCUT2D eigenvalue weighted by atomic mass is 16.1. The van der Waals surface area contributed by atoms with Crippen LogP contribution in [0.25, 0.3) is 10.9 Å². The van der Waals surface area contributed by atoms with E-state index >= 15 is 0 Å². The van der Waals surface area contributed by atoms with Gasteiger partial charge < -0.3 is 14.9 Å². The number of para-hydroxylation sites is 1. The van der Waals surface area contributed by atoms with Crippen molar-refractivity contribution in [2.75, 3.05) is 0 Å². The van der Waals surface area contributed by atoms with E-state index in [0.29, 0.717) is 12.1 Å². The minimum absolute atomic E-state index is 0.0732. The summed E-state index contributed by atoms with van der Waals surface area (Å²) in [5.74, 6) is 1.81. The van der Waals surface area contributed by atoms with Gasteiger partial charge in [0.15, 0.2) is 5.82 Å². The number of rotatable bonds is 3. The van der Waals surface area contributed by atoms with Crippen molar-refractivity contribution in [2.24, 2.45) is 0 Å². The number of H-pyrrole nitrogens is 1. The number of aromatic amines is 1. The molecular formula is C18H21N5O. The Hall–Kier alpha value is -2.63. The smallest absolute Gasteiger partial charge is 0.254 e. The summed E-state index contributed by atoms with van der Waals surface area (Å²) < 4.78 is 2.16. The molecule has 6 nitrogen and oxygen atoms in total. The molecule has 24 heavy (non-hydrogen) atoms. The van der Waals surface area contributed by atoms with Crippen LogP contribution in [0.4, 0.5) is 0 Å². The van der Waals surface area contributed by atoms with Crippen LogP contribution in [0.15, 0.2) is 24.3 Å². The lowest BCUT2D eigenvalue weighted by Crippen LogP contribution is -2.25. The van der Waals surface area contributed by atoms with Gasteiger partial charge in [-0.15, -0.1) is 10.2 Å². The molecule has 3 aromatic rings. The van der Waals surface area contributed by atoms with E-state index in [9.17, 15) is 4.79 Å². The minimum Gasteiger partial charge on any atom is -0.358 e. The van der Waals surface area contributed by atoms with Crippen molar-refractivity contribution in [3.8, 4) is 0 Å². The second-order valence-electron chi connectivity index (χ2n) is 6.35. The van der Waals surface area contributed by atoms with E-state index in [1.54, 1.807) is 0 Å². The monoisotopic (exact) mass is 323 g/mol. The maximum Gasteiger partial charge on any atom is 0.254 e. The van der Waals surface area contributed by atoms with Gasteiger partial charge in [-0.25, -0.2) is 0 Å². The highest BCUT2D eigenvalue weighted by Gasteiger charge is 2.18. The van der Waals surface area contributed by atoms with Gasteiger partial charge in [0.2, 0.25) is 0 Å². The second kappa shape index (κ2) is 6.11. The van der Waals surface area contributed by atoms with Crippen molar-refractivity contribution < 1.29 is 4.79 Å². The van der Waals surface area contributed by atoms with Gasteiger partial charge >= 0.3 is 0 Å². The van der Waals surface area contributed by atoms with E-state index < -0.39 is 0 Å². The van der Waals surface area contributed by atoms with Gasteiger partial charge in [-0.3, -0.25) is 4.79 Å². The van der Waals surface area contributed by atoms with Crippen molar-refractivity contribution in [3.63, 3.8) is 0 Å². The lowest BCUT2D eigenvalue weighted by molar-refractivity contribution is 0.0950. The Balaban J connectivity index is 1.55. The van der Waals surface area contributed by atoms with Crippen LogP contribution in [-0.2, 0) is 19.5 Å². The second-order valence-corrected chi connectivity index (χ2v) is 6.35. The van der Waals surface area contributed by atoms with Gasteiger partial charge in [0.1, 0.15) is 5.82 Å². The molecule has 0 aliphatic carbocycles. The third kappa shape index (κ3) is 2.58. The van der Waals surface area contributed by atoms with Crippen LogP contribution < -0.4 is 5.32 Å². The Kier molecular flexibility index (Phi) is 3.80. The molecule has 0 unspecified atom stereocenters. The summed E-state index contributed by atoms with van der Waals surface area (Å²) in [5, 5.41) is 12.5. The van der Waals surface area contributed by atoms with E-state index in [1.165, 1.54) is 12.8 Å². The number of hydrogen-bond acceptors (Lipinski definition) is 3. The zero-order chi connectivity index (χ0) is 16.5. The molecule has 2 aromatic heterocycles. The lowest BCUT2D eigenvalue weighted by atomic mass is 10.1. The number of hydrogen-bond donors (Lipinski definition) is 2. The lowest BCUT2D eigenvalue weighted by Gasteiger charge is -2.08. The summed E-state index contributed by atoms with van der Waals surface area (Å²) in [6.45, 7) is 3.28. The maximum absolute atomic E-state index is 12.7. The van der Waals surface area contributed by atoms with Crippen molar-refractivity contribution in [3.05, 3.63) is 47.2 Å². The van der Waals surface area contributed by atoms with Crippen molar-refractivity contribution >= 4 is 16.8 Å². The number of benzene rings is 1. The van der Waals surface area contributed by atoms with E-state index in [2.05, 4.69) is 25.1 Å². The molecule has 1 amide bonds. The number of aromatic nitrogens is 4. The molecule has 0 saturated carbocycles. The molecule has 124 valence electrons. The predicted octanol–water partition coefficient (Wildman–Crippen LogP) is 2.72. The first-order chi connectivity index (χ1) is 11.7. The molecule has 1 aromatic carbocycles. The van der Waals surface area contributed by atoms with Crippen molar-refractivity contribution in [1.82, 2.24) is 25.1 Å². The SMILES string of the molecule is Cc1[nH]c2ccccc2c1C(=O)NCc1nnc2n1CCCCC2. The van der Waals surface area contributed by atoms with Crippen LogP contribution >= 0.6 is 0 Å². The van der Waals surface area contributed by atoms with Gasteiger partial charge in [-0.2, -0.15) is 0 Å². The number of carbonyl (C=O) groups excluding carboxylic acids is 1. The molecule has 0 bridgehead atoms. The molecule has 0 spiro atoms. The molecule has 1 aliphatic rings. The summed E-state index contributed by atoms with van der Waals surface area (Å²) in [6.07, 6.45) is 4.51.